The van der Waals surface area contributed by atoms with E-state index in [4.69, 9.17) is 15.5 Å². The van der Waals surface area contributed by atoms with Crippen LogP contribution in [-0.4, -0.2) is 32.8 Å². The molecule has 1 aliphatic rings. The molecule has 4 rings (SSSR count). The first-order chi connectivity index (χ1) is 13.7. The summed E-state index contributed by atoms with van der Waals surface area (Å²) >= 11 is 3.51. The molecular weight excluding hydrogens is 434 g/mol. The van der Waals surface area contributed by atoms with Crippen molar-refractivity contribution in [1.29, 1.82) is 0 Å². The molecule has 1 saturated carbocycles. The lowest BCUT2D eigenvalue weighted by Gasteiger charge is -2.29. The van der Waals surface area contributed by atoms with Gasteiger partial charge in [0.15, 0.2) is 5.82 Å². The molecule has 0 spiro atoms. The van der Waals surface area contributed by atoms with Gasteiger partial charge in [-0.05, 0) is 58.2 Å². The Labute approximate surface area is 178 Å². The summed E-state index contributed by atoms with van der Waals surface area (Å²) < 4.78 is 8.60. The Bertz CT molecular complexity index is 1080. The van der Waals surface area contributed by atoms with Gasteiger partial charge in [0.05, 0.1) is 11.0 Å². The number of carbonyl (C=O) groups excluding carboxylic acids is 1. The summed E-state index contributed by atoms with van der Waals surface area (Å²) in [7, 11) is 0. The topological polar surface area (TPSA) is 95.1 Å². The fourth-order valence-electron chi connectivity index (χ4n) is 3.70. The number of imidazole rings is 1. The first kappa shape index (κ1) is 19.9. The van der Waals surface area contributed by atoms with Crippen LogP contribution in [0.25, 0.3) is 21.9 Å². The maximum Gasteiger partial charge on any atom is 0.407 e. The summed E-state index contributed by atoms with van der Waals surface area (Å²) in [5.41, 5.74) is 8.38. The minimum atomic E-state index is -0.517. The second kappa shape index (κ2) is 7.48. The number of fused-ring (bicyclic) bond motifs is 3. The zero-order valence-corrected chi connectivity index (χ0v) is 18.5. The Balaban J connectivity index is 1.69. The maximum atomic E-state index is 12.0. The number of benzene rings is 1. The molecule has 1 aromatic carbocycles. The number of hydrogen-bond donors (Lipinski definition) is 2. The van der Waals surface area contributed by atoms with E-state index in [9.17, 15) is 4.79 Å². The summed E-state index contributed by atoms with van der Waals surface area (Å²) in [6.07, 6.45) is 3.64. The fraction of sp³-hybridized carbons (Fsp3) is 0.476. The molecule has 0 saturated heterocycles. The summed E-state index contributed by atoms with van der Waals surface area (Å²) in [5.74, 6) is 1.36. The van der Waals surface area contributed by atoms with Gasteiger partial charge in [0, 0.05) is 28.9 Å². The summed E-state index contributed by atoms with van der Waals surface area (Å²) in [6.45, 7) is 5.99. The average Bonchev–Trinajstić information content (AvgIpc) is 2.92. The summed E-state index contributed by atoms with van der Waals surface area (Å²) in [5, 5.41) is 3.87. The van der Waals surface area contributed by atoms with Crippen LogP contribution in [-0.2, 0) is 11.2 Å². The van der Waals surface area contributed by atoms with Crippen molar-refractivity contribution in [3.05, 3.63) is 28.5 Å². The van der Waals surface area contributed by atoms with E-state index < -0.39 is 11.7 Å². The number of carbonyl (C=O) groups is 1. The van der Waals surface area contributed by atoms with Crippen LogP contribution in [0.1, 0.15) is 51.9 Å². The smallest absolute Gasteiger partial charge is 0.407 e. The standard InChI is InChI=1S/C21H26BrN5O2/c1-21(2,3)29-20(28)24-10-9-16-26-17-18(27(16)13-5-4-6-13)14-8-7-12(22)11-15(14)25-19(17)23/h7-8,11,13H,4-6,9-10H2,1-3H3,(H2,23,25)(H,24,28). The molecule has 1 fully saturated rings. The third kappa shape index (κ3) is 4.03. The number of pyridine rings is 1. The molecule has 2 aromatic heterocycles. The highest BCUT2D eigenvalue weighted by molar-refractivity contribution is 9.10. The van der Waals surface area contributed by atoms with Crippen molar-refractivity contribution < 1.29 is 9.53 Å². The van der Waals surface area contributed by atoms with Crippen LogP contribution in [0.5, 0.6) is 0 Å². The molecular formula is C21H26BrN5O2. The van der Waals surface area contributed by atoms with E-state index in [1.165, 1.54) is 6.42 Å². The fourth-order valence-corrected chi connectivity index (χ4v) is 4.05. The van der Waals surface area contributed by atoms with Gasteiger partial charge in [-0.25, -0.2) is 14.8 Å². The molecule has 2 heterocycles. The number of alkyl carbamates (subject to hydrolysis) is 1. The number of halogens is 1. The number of nitrogens with one attached hydrogen (secondary N) is 1. The molecule has 8 heteroatoms. The molecule has 29 heavy (non-hydrogen) atoms. The SMILES string of the molecule is CC(C)(C)OC(=O)NCCc1nc2c(N)nc3cc(Br)ccc3c2n1C1CCC1. The highest BCUT2D eigenvalue weighted by Gasteiger charge is 2.27. The Morgan fingerprint density at radius 2 is 2.10 bits per heavy atom. The zero-order valence-electron chi connectivity index (χ0n) is 17.0. The van der Waals surface area contributed by atoms with Crippen molar-refractivity contribution in [3.63, 3.8) is 0 Å². The van der Waals surface area contributed by atoms with E-state index in [1.807, 2.05) is 32.9 Å². The Morgan fingerprint density at radius 1 is 1.34 bits per heavy atom. The lowest BCUT2D eigenvalue weighted by molar-refractivity contribution is 0.0528. The third-order valence-electron chi connectivity index (χ3n) is 5.14. The van der Waals surface area contributed by atoms with E-state index in [2.05, 4.69) is 36.9 Å². The zero-order chi connectivity index (χ0) is 20.8. The monoisotopic (exact) mass is 459 g/mol. The second-order valence-electron chi connectivity index (χ2n) is 8.52. The van der Waals surface area contributed by atoms with Gasteiger partial charge in [-0.3, -0.25) is 0 Å². The molecule has 0 atom stereocenters. The van der Waals surface area contributed by atoms with E-state index in [-0.39, 0.29) is 0 Å². The van der Waals surface area contributed by atoms with Crippen LogP contribution in [0.3, 0.4) is 0 Å². The minimum Gasteiger partial charge on any atom is -0.444 e. The normalized spacial score (nSPS) is 14.9. The van der Waals surface area contributed by atoms with Gasteiger partial charge in [0.1, 0.15) is 16.9 Å². The minimum absolute atomic E-state index is 0.408. The maximum absolute atomic E-state index is 12.0. The number of nitrogens with zero attached hydrogens (tertiary/aromatic N) is 3. The van der Waals surface area contributed by atoms with Gasteiger partial charge in [0.2, 0.25) is 0 Å². The Kier molecular flexibility index (Phi) is 5.14. The second-order valence-corrected chi connectivity index (χ2v) is 9.43. The van der Waals surface area contributed by atoms with Crippen molar-refractivity contribution in [2.45, 2.75) is 58.1 Å². The van der Waals surface area contributed by atoms with E-state index in [0.29, 0.717) is 24.8 Å². The number of aromatic nitrogens is 3. The number of nitrogens with two attached hydrogens (primary N) is 1. The molecule has 3 aromatic rings. The van der Waals surface area contributed by atoms with Crippen LogP contribution in [0, 0.1) is 0 Å². The number of ether oxygens (including phenoxy) is 1. The van der Waals surface area contributed by atoms with E-state index in [1.54, 1.807) is 0 Å². The highest BCUT2D eigenvalue weighted by atomic mass is 79.9. The van der Waals surface area contributed by atoms with Gasteiger partial charge in [-0.15, -0.1) is 0 Å². The lowest BCUT2D eigenvalue weighted by atomic mass is 9.92. The number of hydrogen-bond acceptors (Lipinski definition) is 5. The molecule has 1 amide bonds. The van der Waals surface area contributed by atoms with Gasteiger partial charge in [-0.2, -0.15) is 0 Å². The largest absolute Gasteiger partial charge is 0.444 e. The van der Waals surface area contributed by atoms with Gasteiger partial charge in [0.25, 0.3) is 0 Å². The number of nitrogen functional groups attached to an aromatic ring is 1. The van der Waals surface area contributed by atoms with Crippen molar-refractivity contribution >= 4 is 49.8 Å². The van der Waals surface area contributed by atoms with Crippen molar-refractivity contribution in [3.8, 4) is 0 Å². The van der Waals surface area contributed by atoms with Crippen molar-refractivity contribution in [2.75, 3.05) is 12.3 Å². The quantitative estimate of drug-likeness (QED) is 0.588. The van der Waals surface area contributed by atoms with Crippen LogP contribution in [0.15, 0.2) is 22.7 Å². The predicted molar refractivity (Wildman–Crippen MR) is 118 cm³/mol. The predicted octanol–water partition coefficient (Wildman–Crippen LogP) is 4.72. The summed E-state index contributed by atoms with van der Waals surface area (Å²) in [6, 6.07) is 6.47. The van der Waals surface area contributed by atoms with Crippen molar-refractivity contribution in [1.82, 2.24) is 19.9 Å². The van der Waals surface area contributed by atoms with Crippen molar-refractivity contribution in [2.24, 2.45) is 0 Å². The molecule has 0 aliphatic heterocycles. The first-order valence-corrected chi connectivity index (χ1v) is 10.7. The van der Waals surface area contributed by atoms with Crippen LogP contribution < -0.4 is 11.1 Å². The average molecular weight is 460 g/mol. The highest BCUT2D eigenvalue weighted by Crippen LogP contribution is 2.39. The lowest BCUT2D eigenvalue weighted by Crippen LogP contribution is -2.34. The third-order valence-corrected chi connectivity index (χ3v) is 5.63. The molecule has 0 bridgehead atoms. The molecule has 154 valence electrons. The Morgan fingerprint density at radius 3 is 2.76 bits per heavy atom. The van der Waals surface area contributed by atoms with E-state index >= 15 is 0 Å². The van der Waals surface area contributed by atoms with Gasteiger partial charge >= 0.3 is 6.09 Å². The number of amides is 1. The molecule has 0 radical (unpaired) electrons. The van der Waals surface area contributed by atoms with Crippen LogP contribution in [0.4, 0.5) is 10.6 Å². The molecule has 1 aliphatic carbocycles. The van der Waals surface area contributed by atoms with Gasteiger partial charge < -0.3 is 20.4 Å². The molecule has 3 N–H and O–H groups in total. The number of rotatable bonds is 4. The van der Waals surface area contributed by atoms with Crippen LogP contribution >= 0.6 is 15.9 Å². The van der Waals surface area contributed by atoms with Gasteiger partial charge in [-0.1, -0.05) is 15.9 Å². The summed E-state index contributed by atoms with van der Waals surface area (Å²) in [4.78, 5) is 21.4. The van der Waals surface area contributed by atoms with E-state index in [0.717, 1.165) is 45.1 Å². The van der Waals surface area contributed by atoms with Crippen LogP contribution in [0.2, 0.25) is 0 Å². The number of anilines is 1. The molecule has 7 nitrogen and oxygen atoms in total. The first-order valence-electron chi connectivity index (χ1n) is 9.95. The Hall–Kier alpha value is -2.35. The molecule has 0 unspecified atom stereocenters.